The van der Waals surface area contributed by atoms with Gasteiger partial charge in [-0.1, -0.05) is 30.3 Å². The van der Waals surface area contributed by atoms with Crippen molar-refractivity contribution in [3.63, 3.8) is 0 Å². The van der Waals surface area contributed by atoms with Crippen LogP contribution in [-0.4, -0.2) is 16.9 Å². The van der Waals surface area contributed by atoms with Gasteiger partial charge in [-0.25, -0.2) is 0 Å². The van der Waals surface area contributed by atoms with Crippen molar-refractivity contribution >= 4 is 5.91 Å². The van der Waals surface area contributed by atoms with Gasteiger partial charge in [0.05, 0.1) is 0 Å². The molecule has 1 heterocycles. The van der Waals surface area contributed by atoms with E-state index in [1.54, 1.807) is 12.1 Å². The zero-order valence-electron chi connectivity index (χ0n) is 8.63. The minimum absolute atomic E-state index is 0.119. The Morgan fingerprint density at radius 1 is 1.31 bits per heavy atom. The zero-order valence-corrected chi connectivity index (χ0v) is 8.63. The number of amides is 1. The molecule has 2 atom stereocenters. The first-order chi connectivity index (χ1) is 7.68. The fraction of sp³-hybridized carbons (Fsp3) is 0.364. The molecule has 1 aliphatic rings. The zero-order chi connectivity index (χ0) is 11.5. The summed E-state index contributed by atoms with van der Waals surface area (Å²) in [7, 11) is 0. The smallest absolute Gasteiger partial charge is 0.237 e. The lowest BCUT2D eigenvalue weighted by atomic mass is 9.92. The Hall–Kier alpha value is -1.91. The van der Waals surface area contributed by atoms with Gasteiger partial charge >= 0.3 is 0 Å². The summed E-state index contributed by atoms with van der Waals surface area (Å²) in [6, 6.07) is 7.84. The van der Waals surface area contributed by atoms with E-state index in [1.807, 2.05) is 18.2 Å². The minimum atomic E-state index is -0.722. The van der Waals surface area contributed by atoms with E-state index >= 15 is 0 Å². The average molecular weight is 220 g/mol. The number of carbonyl (C=O) groups is 1. The van der Waals surface area contributed by atoms with E-state index in [9.17, 15) is 14.9 Å². The molecule has 0 aromatic heterocycles. The second-order valence-electron chi connectivity index (χ2n) is 3.85. The summed E-state index contributed by atoms with van der Waals surface area (Å²) in [4.78, 5) is 21.9. The van der Waals surface area contributed by atoms with Crippen LogP contribution < -0.4 is 5.32 Å². The van der Waals surface area contributed by atoms with Gasteiger partial charge in [0.25, 0.3) is 0 Å². The molecule has 1 aromatic carbocycles. The van der Waals surface area contributed by atoms with Crippen LogP contribution in [-0.2, 0) is 4.79 Å². The summed E-state index contributed by atoms with van der Waals surface area (Å²) >= 11 is 0. The molecule has 0 unspecified atom stereocenters. The highest BCUT2D eigenvalue weighted by Gasteiger charge is 2.37. The highest BCUT2D eigenvalue weighted by Crippen LogP contribution is 2.25. The molecule has 0 bridgehead atoms. The molecule has 1 amide bonds. The topological polar surface area (TPSA) is 72.2 Å². The predicted molar refractivity (Wildman–Crippen MR) is 57.3 cm³/mol. The third kappa shape index (κ3) is 2.03. The highest BCUT2D eigenvalue weighted by molar-refractivity contribution is 5.77. The van der Waals surface area contributed by atoms with Gasteiger partial charge in [0, 0.05) is 17.8 Å². The molecule has 0 radical (unpaired) electrons. The summed E-state index contributed by atoms with van der Waals surface area (Å²) in [6.45, 7) is 0. The van der Waals surface area contributed by atoms with E-state index in [-0.39, 0.29) is 17.3 Å². The van der Waals surface area contributed by atoms with Gasteiger partial charge in [0.1, 0.15) is 6.04 Å². The molecule has 0 aliphatic carbocycles. The van der Waals surface area contributed by atoms with Crippen LogP contribution in [0.5, 0.6) is 0 Å². The second-order valence-corrected chi connectivity index (χ2v) is 3.85. The first-order valence-corrected chi connectivity index (χ1v) is 5.16. The van der Waals surface area contributed by atoms with Crippen molar-refractivity contribution in [1.82, 2.24) is 5.32 Å². The molecule has 0 saturated carbocycles. The lowest BCUT2D eigenvalue weighted by molar-refractivity contribution is -0.529. The Bertz CT molecular complexity index is 405. The van der Waals surface area contributed by atoms with E-state index in [4.69, 9.17) is 0 Å². The average Bonchev–Trinajstić information content (AvgIpc) is 2.29. The van der Waals surface area contributed by atoms with Gasteiger partial charge in [0.15, 0.2) is 0 Å². The van der Waals surface area contributed by atoms with Crippen LogP contribution in [0, 0.1) is 10.1 Å². The van der Waals surface area contributed by atoms with Crippen LogP contribution in [0.25, 0.3) is 0 Å². The molecule has 1 fully saturated rings. The van der Waals surface area contributed by atoms with Gasteiger partial charge in [-0.2, -0.15) is 0 Å². The lowest BCUT2D eigenvalue weighted by Crippen LogP contribution is -2.45. The number of hydrogen-bond acceptors (Lipinski definition) is 3. The Morgan fingerprint density at radius 2 is 2.00 bits per heavy atom. The van der Waals surface area contributed by atoms with Crippen molar-refractivity contribution in [1.29, 1.82) is 0 Å². The second kappa shape index (κ2) is 4.30. The van der Waals surface area contributed by atoms with Crippen molar-refractivity contribution in [2.24, 2.45) is 0 Å². The lowest BCUT2D eigenvalue weighted by Gasteiger charge is -2.26. The number of nitrogens with one attached hydrogen (secondary N) is 1. The number of carbonyl (C=O) groups excluding carboxylic acids is 1. The Kier molecular flexibility index (Phi) is 2.85. The minimum Gasteiger partial charge on any atom is -0.343 e. The summed E-state index contributed by atoms with van der Waals surface area (Å²) in [5.41, 5.74) is 0.789. The Labute approximate surface area is 92.6 Å². The van der Waals surface area contributed by atoms with E-state index in [0.29, 0.717) is 6.42 Å². The van der Waals surface area contributed by atoms with E-state index < -0.39 is 12.1 Å². The van der Waals surface area contributed by atoms with Gasteiger partial charge in [-0.05, 0) is 5.56 Å². The van der Waals surface area contributed by atoms with E-state index in [0.717, 1.165) is 5.56 Å². The van der Waals surface area contributed by atoms with Crippen LogP contribution >= 0.6 is 0 Å². The largest absolute Gasteiger partial charge is 0.343 e. The fourth-order valence-corrected chi connectivity index (χ4v) is 1.98. The molecular formula is C11H12N2O3. The van der Waals surface area contributed by atoms with Crippen LogP contribution in [0.15, 0.2) is 30.3 Å². The van der Waals surface area contributed by atoms with Gasteiger partial charge < -0.3 is 5.32 Å². The fourth-order valence-electron chi connectivity index (χ4n) is 1.98. The maximum Gasteiger partial charge on any atom is 0.237 e. The summed E-state index contributed by atoms with van der Waals surface area (Å²) < 4.78 is 0. The number of rotatable bonds is 2. The first-order valence-electron chi connectivity index (χ1n) is 5.16. The summed E-state index contributed by atoms with van der Waals surface area (Å²) in [5.74, 6) is -0.119. The monoisotopic (exact) mass is 220 g/mol. The first kappa shape index (κ1) is 10.6. The number of benzene rings is 1. The van der Waals surface area contributed by atoms with E-state index in [1.165, 1.54) is 0 Å². The van der Waals surface area contributed by atoms with Crippen molar-refractivity contribution < 1.29 is 9.72 Å². The number of piperidine rings is 1. The highest BCUT2D eigenvalue weighted by atomic mass is 16.6. The van der Waals surface area contributed by atoms with Gasteiger partial charge in [0.2, 0.25) is 11.9 Å². The maximum atomic E-state index is 11.3. The van der Waals surface area contributed by atoms with Crippen molar-refractivity contribution in [2.75, 3.05) is 0 Å². The quantitative estimate of drug-likeness (QED) is 0.602. The van der Waals surface area contributed by atoms with Crippen LogP contribution in [0.4, 0.5) is 0 Å². The van der Waals surface area contributed by atoms with Crippen molar-refractivity contribution in [3.8, 4) is 0 Å². The third-order valence-corrected chi connectivity index (χ3v) is 2.80. The number of hydrogen-bond donors (Lipinski definition) is 1. The molecular weight excluding hydrogens is 208 g/mol. The molecule has 5 heteroatoms. The summed E-state index contributed by atoms with van der Waals surface area (Å²) in [5, 5.41) is 13.6. The van der Waals surface area contributed by atoms with Gasteiger partial charge in [-0.3, -0.25) is 14.9 Å². The Morgan fingerprint density at radius 3 is 2.62 bits per heavy atom. The molecule has 1 aromatic rings. The van der Waals surface area contributed by atoms with Gasteiger partial charge in [-0.15, -0.1) is 0 Å². The molecule has 1 saturated heterocycles. The molecule has 16 heavy (non-hydrogen) atoms. The molecule has 1 aliphatic heterocycles. The number of nitrogens with zero attached hydrogens (tertiary/aromatic N) is 1. The number of nitro groups is 1. The van der Waals surface area contributed by atoms with Crippen molar-refractivity contribution in [2.45, 2.75) is 24.9 Å². The SMILES string of the molecule is O=C1CC[C@H]([N+](=O)[O-])[C@@H](c2ccccc2)N1. The molecule has 5 nitrogen and oxygen atoms in total. The predicted octanol–water partition coefficient (Wildman–Crippen LogP) is 1.28. The van der Waals surface area contributed by atoms with E-state index in [2.05, 4.69) is 5.32 Å². The molecule has 84 valence electrons. The van der Waals surface area contributed by atoms with Crippen LogP contribution in [0.3, 0.4) is 0 Å². The normalized spacial score (nSPS) is 24.9. The van der Waals surface area contributed by atoms with Crippen LogP contribution in [0.2, 0.25) is 0 Å². The van der Waals surface area contributed by atoms with Crippen LogP contribution in [0.1, 0.15) is 24.4 Å². The molecule has 2 rings (SSSR count). The maximum absolute atomic E-state index is 11.3. The standard InChI is InChI=1S/C11H12N2O3/c14-10-7-6-9(13(15)16)11(12-10)8-4-2-1-3-5-8/h1-5,9,11H,6-7H2,(H,12,14)/t9-,11+/m0/s1. The third-order valence-electron chi connectivity index (χ3n) is 2.80. The summed E-state index contributed by atoms with van der Waals surface area (Å²) in [6.07, 6.45) is 0.535. The van der Waals surface area contributed by atoms with Crippen molar-refractivity contribution in [3.05, 3.63) is 46.0 Å². The Balaban J connectivity index is 2.27. The molecule has 1 N–H and O–H groups in total. The molecule has 0 spiro atoms.